The van der Waals surface area contributed by atoms with E-state index in [4.69, 9.17) is 20.4 Å². The third-order valence-corrected chi connectivity index (χ3v) is 6.01. The minimum atomic E-state index is -1.72. The van der Waals surface area contributed by atoms with Crippen molar-refractivity contribution in [2.75, 3.05) is 0 Å². The molecule has 4 aliphatic rings. The van der Waals surface area contributed by atoms with Gasteiger partial charge >= 0.3 is 47.8 Å². The second-order valence-electron chi connectivity index (χ2n) is 7.44. The molecule has 14 heteroatoms. The molecule has 2 aliphatic heterocycles. The van der Waals surface area contributed by atoms with E-state index in [1.807, 2.05) is 0 Å². The van der Waals surface area contributed by atoms with Crippen molar-refractivity contribution in [1.82, 2.24) is 0 Å². The Bertz CT molecular complexity index is 815. The third kappa shape index (κ3) is 3.29. The smallest absolute Gasteiger partial charge is 0.318 e. The van der Waals surface area contributed by atoms with Gasteiger partial charge in [-0.3, -0.25) is 38.4 Å². The normalized spacial score (nSPS) is 37.4. The largest absolute Gasteiger partial charge is 0.481 e. The molecule has 4 rings (SSSR count). The molecule has 2 saturated carbocycles. The fraction of sp³-hybridized carbons (Fsp3) is 0.529. The van der Waals surface area contributed by atoms with Crippen molar-refractivity contribution in [2.45, 2.75) is 6.42 Å². The Balaban J connectivity index is 0.000000178. The highest BCUT2D eigenvalue weighted by atomic mass is 16.6. The predicted octanol–water partition coefficient (Wildman–Crippen LogP) is -2.18. The summed E-state index contributed by atoms with van der Waals surface area (Å²) in [5.74, 6) is -18.6. The summed E-state index contributed by atoms with van der Waals surface area (Å²) in [7, 11) is 0. The van der Waals surface area contributed by atoms with Crippen molar-refractivity contribution in [2.24, 2.45) is 47.3 Å². The van der Waals surface area contributed by atoms with Crippen LogP contribution in [0.2, 0.25) is 0 Å². The number of aliphatic carboxylic acids is 4. The first-order chi connectivity index (χ1) is 14.4. The maximum absolute atomic E-state index is 11.1. The molecule has 0 spiro atoms. The summed E-state index contributed by atoms with van der Waals surface area (Å²) in [4.78, 5) is 87.7. The van der Waals surface area contributed by atoms with E-state index in [-0.39, 0.29) is 0 Å². The average Bonchev–Trinajstić information content (AvgIpc) is 3.18. The lowest BCUT2D eigenvalue weighted by molar-refractivity contribution is -0.160. The van der Waals surface area contributed by atoms with E-state index in [0.29, 0.717) is 0 Å². The Morgan fingerprint density at radius 2 is 0.806 bits per heavy atom. The number of hydrogen-bond acceptors (Lipinski definition) is 10. The Morgan fingerprint density at radius 1 is 0.548 bits per heavy atom. The van der Waals surface area contributed by atoms with Gasteiger partial charge in [-0.15, -0.1) is 0 Å². The van der Waals surface area contributed by atoms with Crippen molar-refractivity contribution in [3.05, 3.63) is 0 Å². The van der Waals surface area contributed by atoms with Crippen molar-refractivity contribution in [3.63, 3.8) is 0 Å². The van der Waals surface area contributed by atoms with Crippen LogP contribution >= 0.6 is 0 Å². The number of carboxylic acids is 4. The second kappa shape index (κ2) is 7.45. The van der Waals surface area contributed by atoms with Crippen LogP contribution in [0.4, 0.5) is 0 Å². The number of esters is 4. The van der Waals surface area contributed by atoms with Crippen molar-refractivity contribution in [3.8, 4) is 0 Å². The van der Waals surface area contributed by atoms with Gasteiger partial charge in [0.05, 0.1) is 47.3 Å². The van der Waals surface area contributed by atoms with E-state index in [1.165, 1.54) is 0 Å². The molecule has 2 aliphatic carbocycles. The lowest BCUT2D eigenvalue weighted by Gasteiger charge is -2.33. The Morgan fingerprint density at radius 3 is 1.00 bits per heavy atom. The number of hydrogen-bond donors (Lipinski definition) is 4. The van der Waals surface area contributed by atoms with Gasteiger partial charge in [0.15, 0.2) is 0 Å². The fourth-order valence-electron chi connectivity index (χ4n) is 4.62. The van der Waals surface area contributed by atoms with Crippen LogP contribution in [0.5, 0.6) is 0 Å². The quantitative estimate of drug-likeness (QED) is 0.268. The first kappa shape index (κ1) is 21.9. The number of ether oxygens (including phenoxy) is 2. The van der Waals surface area contributed by atoms with E-state index in [2.05, 4.69) is 9.47 Å². The zero-order valence-corrected chi connectivity index (χ0v) is 15.2. The van der Waals surface area contributed by atoms with E-state index >= 15 is 0 Å². The van der Waals surface area contributed by atoms with Gasteiger partial charge in [0.2, 0.25) is 0 Å². The van der Waals surface area contributed by atoms with Crippen LogP contribution in [0.1, 0.15) is 6.42 Å². The lowest BCUT2D eigenvalue weighted by atomic mass is 9.59. The number of carboxylic acid groups (broad SMARTS) is 4. The van der Waals surface area contributed by atoms with Gasteiger partial charge in [-0.25, -0.2) is 0 Å². The van der Waals surface area contributed by atoms with E-state index in [0.717, 1.165) is 0 Å². The number of rotatable bonds is 4. The molecule has 4 unspecified atom stereocenters. The molecule has 14 nitrogen and oxygen atoms in total. The van der Waals surface area contributed by atoms with Gasteiger partial charge < -0.3 is 29.9 Å². The molecule has 0 aromatic carbocycles. The molecule has 0 radical (unpaired) electrons. The summed E-state index contributed by atoms with van der Waals surface area (Å²) in [6.45, 7) is 0. The number of cyclic esters (lactones) is 4. The number of fused-ring (bicyclic) bond motifs is 4. The summed E-state index contributed by atoms with van der Waals surface area (Å²) >= 11 is 0. The van der Waals surface area contributed by atoms with Gasteiger partial charge in [-0.1, -0.05) is 0 Å². The molecule has 4 N–H and O–H groups in total. The molecule has 4 fully saturated rings. The number of carbonyl (C=O) groups is 8. The summed E-state index contributed by atoms with van der Waals surface area (Å²) in [5, 5.41) is 35.2. The van der Waals surface area contributed by atoms with Crippen LogP contribution in [0.25, 0.3) is 0 Å². The second-order valence-corrected chi connectivity index (χ2v) is 7.44. The average molecular weight is 442 g/mol. The van der Waals surface area contributed by atoms with E-state index in [9.17, 15) is 38.4 Å². The highest BCUT2D eigenvalue weighted by molar-refractivity contribution is 6.10. The van der Waals surface area contributed by atoms with Gasteiger partial charge in [0.25, 0.3) is 0 Å². The van der Waals surface area contributed by atoms with Crippen LogP contribution in [-0.4, -0.2) is 68.2 Å². The molecular weight excluding hydrogens is 428 g/mol. The van der Waals surface area contributed by atoms with Crippen molar-refractivity contribution < 1.29 is 68.3 Å². The van der Waals surface area contributed by atoms with E-state index < -0.39 is 102 Å². The molecule has 2 saturated heterocycles. The third-order valence-electron chi connectivity index (χ3n) is 6.01. The minimum absolute atomic E-state index is 0.487. The van der Waals surface area contributed by atoms with Gasteiger partial charge in [0.1, 0.15) is 0 Å². The number of carbonyl (C=O) groups excluding carboxylic acids is 4. The van der Waals surface area contributed by atoms with Crippen LogP contribution in [0, 0.1) is 47.3 Å². The Labute approximate surface area is 170 Å². The van der Waals surface area contributed by atoms with Crippen LogP contribution < -0.4 is 0 Å². The van der Waals surface area contributed by atoms with Crippen molar-refractivity contribution >= 4 is 47.8 Å². The lowest BCUT2D eigenvalue weighted by Crippen LogP contribution is -2.50. The SMILES string of the molecule is O=C(O)C1CC(C(=O)O)C(C(=O)O)C1C(=O)O.O=C1OC(=O)C2C1C1C(=O)OC(=O)C21. The molecule has 0 aromatic rings. The summed E-state index contributed by atoms with van der Waals surface area (Å²) in [5.41, 5.74) is 0. The fourth-order valence-corrected chi connectivity index (χ4v) is 4.62. The molecule has 0 aromatic heterocycles. The highest BCUT2D eigenvalue weighted by Crippen LogP contribution is 2.54. The maximum atomic E-state index is 11.1. The Hall–Kier alpha value is -3.84. The predicted molar refractivity (Wildman–Crippen MR) is 85.3 cm³/mol. The molecule has 0 bridgehead atoms. The molecule has 31 heavy (non-hydrogen) atoms. The van der Waals surface area contributed by atoms with Crippen LogP contribution in [-0.2, 0) is 47.8 Å². The van der Waals surface area contributed by atoms with Crippen LogP contribution in [0.3, 0.4) is 0 Å². The summed E-state index contributed by atoms with van der Waals surface area (Å²) < 4.78 is 8.69. The zero-order chi connectivity index (χ0) is 23.4. The zero-order valence-electron chi connectivity index (χ0n) is 15.2. The standard InChI is InChI=1S/C9H10O8.C8H4O6/c10-6(11)2-1-3(7(12)13)5(9(16)17)4(2)8(14)15;9-5-1-2(6(10)13-5)4-3(1)7(11)14-8(4)12/h2-5H,1H2,(H,10,11)(H,12,13)(H,14,15)(H,16,17);1-4H. The van der Waals surface area contributed by atoms with Crippen molar-refractivity contribution in [1.29, 1.82) is 0 Å². The Kier molecular flexibility index (Phi) is 5.25. The van der Waals surface area contributed by atoms with Gasteiger partial charge in [-0.05, 0) is 6.42 Å². The topological polar surface area (TPSA) is 236 Å². The van der Waals surface area contributed by atoms with Gasteiger partial charge in [-0.2, -0.15) is 0 Å². The first-order valence-corrected chi connectivity index (χ1v) is 8.80. The van der Waals surface area contributed by atoms with E-state index in [1.54, 1.807) is 0 Å². The molecule has 166 valence electrons. The maximum Gasteiger partial charge on any atom is 0.318 e. The molecule has 0 amide bonds. The molecule has 2 heterocycles. The van der Waals surface area contributed by atoms with Gasteiger partial charge in [0, 0.05) is 0 Å². The summed E-state index contributed by atoms with van der Waals surface area (Å²) in [6, 6.07) is 0. The highest BCUT2D eigenvalue weighted by Gasteiger charge is 2.72. The van der Waals surface area contributed by atoms with Crippen LogP contribution in [0.15, 0.2) is 0 Å². The minimum Gasteiger partial charge on any atom is -0.481 e. The monoisotopic (exact) mass is 442 g/mol. The molecule has 4 atom stereocenters. The summed E-state index contributed by atoms with van der Waals surface area (Å²) in [6.07, 6.45) is -0.487. The first-order valence-electron chi connectivity index (χ1n) is 8.80. The molecular formula is C17H14O14.